The van der Waals surface area contributed by atoms with Crippen LogP contribution in [0.4, 0.5) is 0 Å². The lowest BCUT2D eigenvalue weighted by molar-refractivity contribution is 0.683. The van der Waals surface area contributed by atoms with Crippen molar-refractivity contribution in [2.24, 2.45) is 0 Å². The summed E-state index contributed by atoms with van der Waals surface area (Å²) < 4.78 is 1.12. The molecule has 0 spiro atoms. The lowest BCUT2D eigenvalue weighted by Crippen LogP contribution is -2.19. The Hall–Kier alpha value is -1.12. The van der Waals surface area contributed by atoms with Crippen molar-refractivity contribution < 1.29 is 0 Å². The van der Waals surface area contributed by atoms with E-state index < -0.39 is 0 Å². The van der Waals surface area contributed by atoms with Gasteiger partial charge in [0.15, 0.2) is 0 Å². The smallest absolute Gasteiger partial charge is 0.0577 e. The van der Waals surface area contributed by atoms with E-state index in [1.807, 2.05) is 7.05 Å². The van der Waals surface area contributed by atoms with Crippen LogP contribution in [0.1, 0.15) is 42.1 Å². The Kier molecular flexibility index (Phi) is 5.38. The van der Waals surface area contributed by atoms with Crippen LogP contribution in [0.15, 0.2) is 46.9 Å². The van der Waals surface area contributed by atoms with Crippen molar-refractivity contribution in [3.63, 3.8) is 0 Å². The van der Waals surface area contributed by atoms with Gasteiger partial charge < -0.3 is 5.32 Å². The highest BCUT2D eigenvalue weighted by Gasteiger charge is 2.15. The second-order valence-corrected chi connectivity index (χ2v) is 5.93. The average Bonchev–Trinajstić information content (AvgIpc) is 2.49. The second kappa shape index (κ2) is 7.05. The second-order valence-electron chi connectivity index (χ2n) is 5.01. The van der Waals surface area contributed by atoms with E-state index >= 15 is 0 Å². The number of nitrogens with one attached hydrogen (secondary N) is 1. The molecule has 0 radical (unpaired) electrons. The molecule has 1 unspecified atom stereocenters. The zero-order valence-electron chi connectivity index (χ0n) is 12.4. The van der Waals surface area contributed by atoms with Gasteiger partial charge in [-0.25, -0.2) is 0 Å². The van der Waals surface area contributed by atoms with E-state index in [2.05, 4.69) is 77.6 Å². The van der Waals surface area contributed by atoms with Crippen molar-refractivity contribution in [1.29, 1.82) is 0 Å². The monoisotopic (exact) mass is 331 g/mol. The highest BCUT2D eigenvalue weighted by atomic mass is 79.9. The third kappa shape index (κ3) is 3.31. The maximum Gasteiger partial charge on any atom is 0.0577 e. The van der Waals surface area contributed by atoms with Crippen molar-refractivity contribution in [2.45, 2.75) is 32.7 Å². The van der Waals surface area contributed by atoms with Crippen molar-refractivity contribution in [1.82, 2.24) is 5.32 Å². The van der Waals surface area contributed by atoms with Crippen LogP contribution in [0.5, 0.6) is 0 Å². The molecule has 1 atom stereocenters. The van der Waals surface area contributed by atoms with E-state index in [-0.39, 0.29) is 6.04 Å². The van der Waals surface area contributed by atoms with Gasteiger partial charge in [-0.3, -0.25) is 0 Å². The molecule has 0 aliphatic carbocycles. The summed E-state index contributed by atoms with van der Waals surface area (Å²) in [5.74, 6) is 0. The first-order valence-electron chi connectivity index (χ1n) is 7.24. The Morgan fingerprint density at radius 1 is 1.00 bits per heavy atom. The zero-order chi connectivity index (χ0) is 14.5. The summed E-state index contributed by atoms with van der Waals surface area (Å²) in [6.07, 6.45) is 2.14. The molecule has 0 bridgehead atoms. The van der Waals surface area contributed by atoms with Crippen LogP contribution < -0.4 is 5.32 Å². The maximum atomic E-state index is 3.50. The van der Waals surface area contributed by atoms with Crippen LogP contribution in [-0.4, -0.2) is 7.05 Å². The van der Waals surface area contributed by atoms with Crippen molar-refractivity contribution in [3.05, 3.63) is 69.2 Å². The molecule has 1 nitrogen and oxygen atoms in total. The van der Waals surface area contributed by atoms with Crippen LogP contribution in [0, 0.1) is 0 Å². The largest absolute Gasteiger partial charge is 0.309 e. The maximum absolute atomic E-state index is 3.50. The third-order valence-electron chi connectivity index (χ3n) is 3.80. The number of hydrogen-bond donors (Lipinski definition) is 1. The Morgan fingerprint density at radius 3 is 2.25 bits per heavy atom. The highest BCUT2D eigenvalue weighted by molar-refractivity contribution is 9.10. The van der Waals surface area contributed by atoms with Crippen molar-refractivity contribution in [2.75, 3.05) is 7.05 Å². The number of rotatable bonds is 5. The average molecular weight is 332 g/mol. The van der Waals surface area contributed by atoms with Gasteiger partial charge in [0, 0.05) is 4.47 Å². The molecule has 2 aromatic carbocycles. The summed E-state index contributed by atoms with van der Waals surface area (Å²) in [6.45, 7) is 4.43. The van der Waals surface area contributed by atoms with Gasteiger partial charge in [0.05, 0.1) is 6.04 Å². The summed E-state index contributed by atoms with van der Waals surface area (Å²) in [4.78, 5) is 0. The Balaban J connectivity index is 2.47. The van der Waals surface area contributed by atoms with Gasteiger partial charge in [-0.15, -0.1) is 0 Å². The van der Waals surface area contributed by atoms with Gasteiger partial charge in [0.1, 0.15) is 0 Å². The minimum absolute atomic E-state index is 0.254. The first kappa shape index (κ1) is 15.3. The Morgan fingerprint density at radius 2 is 1.70 bits per heavy atom. The fourth-order valence-electron chi connectivity index (χ4n) is 2.61. The number of aryl methyl sites for hydroxylation is 2. The molecule has 20 heavy (non-hydrogen) atoms. The minimum Gasteiger partial charge on any atom is -0.309 e. The van der Waals surface area contributed by atoms with E-state index in [0.29, 0.717) is 0 Å². The van der Waals surface area contributed by atoms with Crippen LogP contribution in [0.25, 0.3) is 0 Å². The fraction of sp³-hybridized carbons (Fsp3) is 0.333. The summed E-state index contributed by atoms with van der Waals surface area (Å²) in [6, 6.07) is 15.7. The number of benzene rings is 2. The summed E-state index contributed by atoms with van der Waals surface area (Å²) in [5, 5.41) is 3.46. The number of hydrogen-bond acceptors (Lipinski definition) is 1. The molecular weight excluding hydrogens is 310 g/mol. The summed E-state index contributed by atoms with van der Waals surface area (Å²) >= 11 is 3.50. The van der Waals surface area contributed by atoms with E-state index in [4.69, 9.17) is 0 Å². The van der Waals surface area contributed by atoms with Gasteiger partial charge >= 0.3 is 0 Å². The van der Waals surface area contributed by atoms with Gasteiger partial charge in [-0.1, -0.05) is 60.1 Å². The lowest BCUT2D eigenvalue weighted by atomic mass is 9.91. The molecular formula is C18H22BrN. The Labute approximate surface area is 130 Å². The van der Waals surface area contributed by atoms with E-state index in [9.17, 15) is 0 Å². The molecule has 0 aliphatic heterocycles. The molecule has 0 aliphatic rings. The third-order valence-corrected chi connectivity index (χ3v) is 4.33. The SMILES string of the molecule is CCc1ccc(CC)c(C(NC)c2ccc(Br)cc2)c1. The highest BCUT2D eigenvalue weighted by Crippen LogP contribution is 2.27. The van der Waals surface area contributed by atoms with Crippen molar-refractivity contribution >= 4 is 15.9 Å². The molecule has 2 rings (SSSR count). The lowest BCUT2D eigenvalue weighted by Gasteiger charge is -2.21. The van der Waals surface area contributed by atoms with E-state index in [1.54, 1.807) is 0 Å². The number of halogens is 1. The molecule has 2 aromatic rings. The van der Waals surface area contributed by atoms with Gasteiger partial charge in [0.25, 0.3) is 0 Å². The molecule has 0 aromatic heterocycles. The zero-order valence-corrected chi connectivity index (χ0v) is 14.0. The van der Waals surface area contributed by atoms with Crippen LogP contribution in [-0.2, 0) is 12.8 Å². The predicted octanol–water partition coefficient (Wildman–Crippen LogP) is 4.88. The van der Waals surface area contributed by atoms with Gasteiger partial charge in [-0.2, -0.15) is 0 Å². The predicted molar refractivity (Wildman–Crippen MR) is 90.2 cm³/mol. The molecule has 2 heteroatoms. The molecule has 0 saturated heterocycles. The van der Waals surface area contributed by atoms with Crippen LogP contribution in [0.3, 0.4) is 0 Å². The topological polar surface area (TPSA) is 12.0 Å². The molecule has 0 saturated carbocycles. The molecule has 0 amide bonds. The standard InChI is InChI=1S/C18H22BrN/c1-4-13-6-7-14(5-2)17(12-13)18(20-3)15-8-10-16(19)11-9-15/h6-12,18,20H,4-5H2,1-3H3. The van der Waals surface area contributed by atoms with Gasteiger partial charge in [-0.05, 0) is 54.3 Å². The van der Waals surface area contributed by atoms with Gasteiger partial charge in [0.2, 0.25) is 0 Å². The molecule has 0 heterocycles. The van der Waals surface area contributed by atoms with Crippen LogP contribution >= 0.6 is 15.9 Å². The first-order valence-corrected chi connectivity index (χ1v) is 8.03. The Bertz CT molecular complexity index is 560. The quantitative estimate of drug-likeness (QED) is 0.823. The molecule has 1 N–H and O–H groups in total. The van der Waals surface area contributed by atoms with E-state index in [0.717, 1.165) is 17.3 Å². The van der Waals surface area contributed by atoms with Crippen molar-refractivity contribution in [3.8, 4) is 0 Å². The molecule has 0 fully saturated rings. The minimum atomic E-state index is 0.254. The van der Waals surface area contributed by atoms with E-state index in [1.165, 1.54) is 22.3 Å². The molecule has 106 valence electrons. The summed E-state index contributed by atoms with van der Waals surface area (Å²) in [5.41, 5.74) is 5.52. The normalized spacial score (nSPS) is 12.4. The first-order chi connectivity index (χ1) is 9.69. The van der Waals surface area contributed by atoms with Crippen LogP contribution in [0.2, 0.25) is 0 Å². The summed E-state index contributed by atoms with van der Waals surface area (Å²) in [7, 11) is 2.03. The fourth-order valence-corrected chi connectivity index (χ4v) is 2.88.